The summed E-state index contributed by atoms with van der Waals surface area (Å²) in [5, 5.41) is 110. The highest BCUT2D eigenvalue weighted by atomic mass is 14.4. The van der Waals surface area contributed by atoms with Gasteiger partial charge >= 0.3 is 0 Å². The number of hydrogen-bond acceptors (Lipinski definition) is 12. The molecule has 0 bridgehead atoms. The van der Waals surface area contributed by atoms with E-state index in [1.54, 1.807) is 0 Å². The van der Waals surface area contributed by atoms with Crippen LogP contribution in [0.3, 0.4) is 0 Å². The van der Waals surface area contributed by atoms with E-state index in [0.717, 1.165) is 0 Å². The van der Waals surface area contributed by atoms with Crippen LogP contribution < -0.4 is 31.3 Å². The molecule has 0 atom stereocenters. The van der Waals surface area contributed by atoms with Crippen LogP contribution in [0.25, 0.3) is 33.4 Å². The summed E-state index contributed by atoms with van der Waals surface area (Å²) in [6, 6.07) is 17.3. The SMILES string of the molecule is N#CC(C#N)=c1c(=C(C#N)C#N)c(=C(C#N)C#N)c(=C(C#N)C#N)c(=C(C#N)C#N)c1=C(C#N)C#N. The lowest BCUT2D eigenvalue weighted by molar-refractivity contribution is 1.26. The van der Waals surface area contributed by atoms with Gasteiger partial charge in [-0.25, -0.2) is 0 Å². The lowest BCUT2D eigenvalue weighted by Crippen LogP contribution is -2.68. The van der Waals surface area contributed by atoms with Crippen LogP contribution in [0.4, 0.5) is 0 Å². The van der Waals surface area contributed by atoms with Crippen LogP contribution in [0, 0.1) is 136 Å². The molecule has 0 spiro atoms. The fourth-order valence-corrected chi connectivity index (χ4v) is 3.07. The molecule has 0 aliphatic rings. The first kappa shape index (κ1) is 26.4. The van der Waals surface area contributed by atoms with E-state index in [1.807, 2.05) is 0 Å². The number of benzene rings is 1. The Morgan fingerprint density at radius 2 is 0.306 bits per heavy atom. The molecular formula is C24N12. The molecule has 12 nitrogen and oxygen atoms in total. The highest BCUT2D eigenvalue weighted by Gasteiger charge is 2.19. The lowest BCUT2D eigenvalue weighted by atomic mass is 9.92. The van der Waals surface area contributed by atoms with Crippen molar-refractivity contribution in [2.45, 2.75) is 0 Å². The zero-order valence-electron chi connectivity index (χ0n) is 17.4. The average molecular weight is 456 g/mol. The Morgan fingerprint density at radius 3 is 0.361 bits per heavy atom. The molecule has 0 saturated heterocycles. The summed E-state index contributed by atoms with van der Waals surface area (Å²) in [5.41, 5.74) is -5.66. The van der Waals surface area contributed by atoms with Crippen molar-refractivity contribution in [3.05, 3.63) is 31.3 Å². The van der Waals surface area contributed by atoms with E-state index in [0.29, 0.717) is 0 Å². The normalized spacial score (nSPS) is 7.67. The van der Waals surface area contributed by atoms with E-state index in [9.17, 15) is 63.1 Å². The molecule has 12 heteroatoms. The van der Waals surface area contributed by atoms with Gasteiger partial charge in [-0.3, -0.25) is 0 Å². The lowest BCUT2D eigenvalue weighted by Gasteiger charge is -2.04. The maximum absolute atomic E-state index is 9.60. The number of rotatable bonds is 0. The quantitative estimate of drug-likeness (QED) is 0.374. The van der Waals surface area contributed by atoms with Crippen molar-refractivity contribution in [1.82, 2.24) is 0 Å². The molecule has 1 aromatic rings. The van der Waals surface area contributed by atoms with Crippen LogP contribution in [0.1, 0.15) is 0 Å². The van der Waals surface area contributed by atoms with Crippen molar-refractivity contribution in [1.29, 1.82) is 63.1 Å². The van der Waals surface area contributed by atoms with Crippen molar-refractivity contribution in [2.24, 2.45) is 0 Å². The summed E-state index contributed by atoms with van der Waals surface area (Å²) in [6.07, 6.45) is 0. The third-order valence-electron chi connectivity index (χ3n) is 4.34. The summed E-state index contributed by atoms with van der Waals surface area (Å²) in [4.78, 5) is 0. The van der Waals surface area contributed by atoms with Gasteiger partial charge in [0.2, 0.25) is 0 Å². The first-order valence-corrected chi connectivity index (χ1v) is 8.68. The fourth-order valence-electron chi connectivity index (χ4n) is 3.07. The summed E-state index contributed by atoms with van der Waals surface area (Å²) >= 11 is 0. The van der Waals surface area contributed by atoms with Gasteiger partial charge in [-0.05, 0) is 0 Å². The molecule has 0 aliphatic carbocycles. The number of hydrogen-bond donors (Lipinski definition) is 0. The Kier molecular flexibility index (Phi) is 8.52. The molecule has 0 aromatic heterocycles. The van der Waals surface area contributed by atoms with Gasteiger partial charge in [0.15, 0.2) is 0 Å². The van der Waals surface area contributed by atoms with Gasteiger partial charge in [0.05, 0.1) is 0 Å². The van der Waals surface area contributed by atoms with Gasteiger partial charge in [0.1, 0.15) is 106 Å². The molecular weight excluding hydrogens is 456 g/mol. The summed E-state index contributed by atoms with van der Waals surface area (Å²) in [6.45, 7) is 0. The van der Waals surface area contributed by atoms with Crippen molar-refractivity contribution >= 4 is 33.4 Å². The first-order valence-electron chi connectivity index (χ1n) is 8.68. The maximum atomic E-state index is 9.60. The van der Waals surface area contributed by atoms with E-state index in [2.05, 4.69) is 0 Å². The van der Waals surface area contributed by atoms with Gasteiger partial charge in [-0.15, -0.1) is 0 Å². The van der Waals surface area contributed by atoms with Gasteiger partial charge < -0.3 is 0 Å². The highest BCUT2D eigenvalue weighted by Crippen LogP contribution is 1.92. The molecule has 0 unspecified atom stereocenters. The topological polar surface area (TPSA) is 285 Å². The van der Waals surface area contributed by atoms with Crippen LogP contribution in [0.15, 0.2) is 0 Å². The Hall–Kier alpha value is -7.68. The maximum Gasteiger partial charge on any atom is 0.138 e. The molecule has 1 rings (SSSR count). The zero-order valence-corrected chi connectivity index (χ0v) is 17.4. The highest BCUT2D eigenvalue weighted by molar-refractivity contribution is 5.86. The standard InChI is InChI=1S/C24N12/c25-1-13(2-26)19-20(14(3-27)4-28)22(16(7-31)8-32)24(18(11-35)12-36)23(17(9-33)10-34)21(19)15(5-29)6-30. The van der Waals surface area contributed by atoms with Crippen molar-refractivity contribution in [3.8, 4) is 72.8 Å². The first-order chi connectivity index (χ1) is 17.4. The predicted molar refractivity (Wildman–Crippen MR) is 112 cm³/mol. The minimum absolute atomic E-state index is 0.800. The minimum Gasteiger partial charge on any atom is -0.192 e. The molecule has 0 amide bonds. The Balaban J connectivity index is 6.32. The molecule has 1 aromatic carbocycles. The third kappa shape index (κ3) is 4.08. The number of nitrogens with zero attached hydrogens (tertiary/aromatic N) is 12. The molecule has 156 valence electrons. The molecule has 0 saturated carbocycles. The Bertz CT molecular complexity index is 1620. The third-order valence-corrected chi connectivity index (χ3v) is 4.34. The van der Waals surface area contributed by atoms with Gasteiger partial charge in [-0.1, -0.05) is 0 Å². The fraction of sp³-hybridized carbons (Fsp3) is 0. The molecule has 0 heterocycles. The number of nitriles is 12. The van der Waals surface area contributed by atoms with E-state index in [4.69, 9.17) is 0 Å². The zero-order chi connectivity index (χ0) is 27.4. The van der Waals surface area contributed by atoms with Gasteiger partial charge in [0, 0.05) is 31.3 Å². The van der Waals surface area contributed by atoms with Gasteiger partial charge in [-0.2, -0.15) is 63.1 Å². The smallest absolute Gasteiger partial charge is 0.138 e. The molecule has 0 fully saturated rings. The summed E-state index contributed by atoms with van der Waals surface area (Å²) < 4.78 is 0. The van der Waals surface area contributed by atoms with Crippen molar-refractivity contribution < 1.29 is 0 Å². The van der Waals surface area contributed by atoms with E-state index >= 15 is 0 Å². The summed E-state index contributed by atoms with van der Waals surface area (Å²) in [5.74, 6) is 0. The van der Waals surface area contributed by atoms with Gasteiger partial charge in [0.25, 0.3) is 0 Å². The van der Waals surface area contributed by atoms with Crippen LogP contribution in [-0.4, -0.2) is 0 Å². The Morgan fingerprint density at radius 1 is 0.222 bits per heavy atom. The predicted octanol–water partition coefficient (Wildman–Crippen LogP) is -3.13. The van der Waals surface area contributed by atoms with Crippen LogP contribution in [0.2, 0.25) is 0 Å². The van der Waals surface area contributed by atoms with Crippen LogP contribution >= 0.6 is 0 Å². The van der Waals surface area contributed by atoms with E-state index < -0.39 is 64.8 Å². The van der Waals surface area contributed by atoms with Crippen LogP contribution in [0.5, 0.6) is 0 Å². The molecule has 0 N–H and O–H groups in total. The molecule has 36 heavy (non-hydrogen) atoms. The second kappa shape index (κ2) is 11.6. The second-order valence-corrected chi connectivity index (χ2v) is 5.84. The van der Waals surface area contributed by atoms with Crippen molar-refractivity contribution in [2.75, 3.05) is 0 Å². The van der Waals surface area contributed by atoms with E-state index in [-0.39, 0.29) is 0 Å². The summed E-state index contributed by atoms with van der Waals surface area (Å²) in [7, 11) is 0. The van der Waals surface area contributed by atoms with Crippen molar-refractivity contribution in [3.63, 3.8) is 0 Å². The molecule has 0 radical (unpaired) electrons. The minimum atomic E-state index is -0.944. The van der Waals surface area contributed by atoms with Crippen LogP contribution in [-0.2, 0) is 0 Å². The molecule has 0 aliphatic heterocycles. The Labute approximate surface area is 201 Å². The average Bonchev–Trinajstić information content (AvgIpc) is 2.91. The largest absolute Gasteiger partial charge is 0.192 e. The van der Waals surface area contributed by atoms with E-state index in [1.165, 1.54) is 72.8 Å². The monoisotopic (exact) mass is 456 g/mol. The second-order valence-electron chi connectivity index (χ2n) is 5.84.